The van der Waals surface area contributed by atoms with Crippen LogP contribution in [0.2, 0.25) is 0 Å². The number of carbonyl (C=O) groups is 1. The number of hydrogen-bond donors (Lipinski definition) is 0. The van der Waals surface area contributed by atoms with E-state index in [1.165, 1.54) is 6.26 Å². The molecule has 0 spiro atoms. The summed E-state index contributed by atoms with van der Waals surface area (Å²) in [4.78, 5) is 13.7. The van der Waals surface area contributed by atoms with Crippen LogP contribution in [0.4, 0.5) is 0 Å². The van der Waals surface area contributed by atoms with Gasteiger partial charge in [0.25, 0.3) is 5.91 Å². The second-order valence-electron chi connectivity index (χ2n) is 3.99. The highest BCUT2D eigenvalue weighted by Gasteiger charge is 2.17. The van der Waals surface area contributed by atoms with Gasteiger partial charge in [-0.05, 0) is 12.5 Å². The molecular formula is C13H14N2O2. The maximum atomic E-state index is 12.0. The van der Waals surface area contributed by atoms with E-state index >= 15 is 0 Å². The summed E-state index contributed by atoms with van der Waals surface area (Å²) >= 11 is 0. The monoisotopic (exact) mass is 230 g/mol. The van der Waals surface area contributed by atoms with Crippen molar-refractivity contribution in [2.75, 3.05) is 7.05 Å². The van der Waals surface area contributed by atoms with Gasteiger partial charge in [-0.2, -0.15) is 0 Å². The highest BCUT2D eigenvalue weighted by Crippen LogP contribution is 2.10. The molecule has 0 saturated heterocycles. The maximum Gasteiger partial charge on any atom is 0.276 e. The normalized spacial score (nSPS) is 10.2. The molecule has 0 aliphatic rings. The summed E-state index contributed by atoms with van der Waals surface area (Å²) in [5.41, 5.74) is 2.22. The zero-order valence-electron chi connectivity index (χ0n) is 9.88. The maximum absolute atomic E-state index is 12.0. The number of aryl methyl sites for hydroxylation is 1. The van der Waals surface area contributed by atoms with Crippen molar-refractivity contribution in [1.29, 1.82) is 0 Å². The van der Waals surface area contributed by atoms with Crippen molar-refractivity contribution in [2.45, 2.75) is 13.5 Å². The summed E-state index contributed by atoms with van der Waals surface area (Å²) in [6, 6.07) is 9.83. The van der Waals surface area contributed by atoms with Crippen LogP contribution in [0.15, 0.2) is 41.1 Å². The first-order valence-corrected chi connectivity index (χ1v) is 5.39. The fourth-order valence-corrected chi connectivity index (χ4v) is 1.60. The molecule has 4 heteroatoms. The Morgan fingerprint density at radius 2 is 2.06 bits per heavy atom. The van der Waals surface area contributed by atoms with Gasteiger partial charge in [0.2, 0.25) is 0 Å². The molecule has 2 aromatic rings. The predicted molar refractivity (Wildman–Crippen MR) is 63.5 cm³/mol. The van der Waals surface area contributed by atoms with E-state index in [1.54, 1.807) is 18.9 Å². The van der Waals surface area contributed by atoms with Gasteiger partial charge < -0.3 is 9.42 Å². The number of hydrogen-bond acceptors (Lipinski definition) is 3. The third-order valence-electron chi connectivity index (χ3n) is 2.56. The number of rotatable bonds is 3. The minimum atomic E-state index is -0.125. The quantitative estimate of drug-likeness (QED) is 0.812. The Labute approximate surface area is 99.8 Å². The van der Waals surface area contributed by atoms with E-state index in [0.29, 0.717) is 12.2 Å². The highest BCUT2D eigenvalue weighted by atomic mass is 16.5. The molecule has 0 radical (unpaired) electrons. The van der Waals surface area contributed by atoms with Crippen LogP contribution in [0.25, 0.3) is 0 Å². The Hall–Kier alpha value is -2.10. The molecule has 0 N–H and O–H groups in total. The Morgan fingerprint density at radius 3 is 2.65 bits per heavy atom. The summed E-state index contributed by atoms with van der Waals surface area (Å²) in [5, 5.41) is 3.71. The van der Waals surface area contributed by atoms with Gasteiger partial charge in [-0.1, -0.05) is 35.5 Å². The first kappa shape index (κ1) is 11.4. The number of nitrogens with zero attached hydrogens (tertiary/aromatic N) is 2. The predicted octanol–water partition coefficient (Wildman–Crippen LogP) is 2.26. The Bertz CT molecular complexity index is 505. The van der Waals surface area contributed by atoms with Crippen molar-refractivity contribution in [2.24, 2.45) is 0 Å². The van der Waals surface area contributed by atoms with Crippen molar-refractivity contribution in [1.82, 2.24) is 10.1 Å². The Kier molecular flexibility index (Phi) is 3.23. The molecule has 0 bridgehead atoms. The van der Waals surface area contributed by atoms with E-state index in [2.05, 4.69) is 5.16 Å². The first-order chi connectivity index (χ1) is 8.18. The molecule has 0 aliphatic heterocycles. The third kappa shape index (κ3) is 2.53. The highest BCUT2D eigenvalue weighted by molar-refractivity contribution is 5.93. The lowest BCUT2D eigenvalue weighted by molar-refractivity contribution is 0.0774. The molecule has 0 saturated carbocycles. The van der Waals surface area contributed by atoms with Gasteiger partial charge in [-0.25, -0.2) is 0 Å². The number of carbonyl (C=O) groups excluding carboxylic acids is 1. The standard InChI is InChI=1S/C13H14N2O2/c1-10-9-17-14-12(10)13(16)15(2)8-11-6-4-3-5-7-11/h3-7,9H,8H2,1-2H3. The lowest BCUT2D eigenvalue weighted by atomic mass is 10.2. The van der Waals surface area contributed by atoms with E-state index in [-0.39, 0.29) is 5.91 Å². The average Bonchev–Trinajstić information content (AvgIpc) is 2.76. The van der Waals surface area contributed by atoms with Gasteiger partial charge in [0.05, 0.1) is 0 Å². The van der Waals surface area contributed by atoms with Crippen LogP contribution in [0.3, 0.4) is 0 Å². The molecule has 0 aliphatic carbocycles. The van der Waals surface area contributed by atoms with Crippen LogP contribution in [-0.4, -0.2) is 23.0 Å². The SMILES string of the molecule is Cc1conc1C(=O)N(C)Cc1ccccc1. The van der Waals surface area contributed by atoms with Crippen molar-refractivity contribution >= 4 is 5.91 Å². The number of amides is 1. The minimum Gasteiger partial charge on any atom is -0.364 e. The first-order valence-electron chi connectivity index (χ1n) is 5.39. The smallest absolute Gasteiger partial charge is 0.276 e. The molecule has 0 unspecified atom stereocenters. The van der Waals surface area contributed by atoms with E-state index in [4.69, 9.17) is 4.52 Å². The summed E-state index contributed by atoms with van der Waals surface area (Å²) in [6.07, 6.45) is 1.48. The van der Waals surface area contributed by atoms with Gasteiger partial charge in [0.1, 0.15) is 6.26 Å². The van der Waals surface area contributed by atoms with Gasteiger partial charge in [0, 0.05) is 19.2 Å². The second-order valence-corrected chi connectivity index (χ2v) is 3.99. The number of aromatic nitrogens is 1. The molecule has 17 heavy (non-hydrogen) atoms. The van der Waals surface area contributed by atoms with Crippen LogP contribution in [0, 0.1) is 6.92 Å². The van der Waals surface area contributed by atoms with Gasteiger partial charge in [0.15, 0.2) is 5.69 Å². The molecule has 4 nitrogen and oxygen atoms in total. The molecule has 1 aromatic carbocycles. The molecular weight excluding hydrogens is 216 g/mol. The van der Waals surface area contributed by atoms with E-state index in [1.807, 2.05) is 30.3 Å². The van der Waals surface area contributed by atoms with Crippen molar-refractivity contribution in [3.63, 3.8) is 0 Å². The molecule has 1 heterocycles. The molecule has 0 atom stereocenters. The Balaban J connectivity index is 2.09. The Morgan fingerprint density at radius 1 is 1.35 bits per heavy atom. The van der Waals surface area contributed by atoms with Gasteiger partial charge >= 0.3 is 0 Å². The summed E-state index contributed by atoms with van der Waals surface area (Å²) in [7, 11) is 1.75. The largest absolute Gasteiger partial charge is 0.364 e. The van der Waals surface area contributed by atoms with Crippen LogP contribution in [0.5, 0.6) is 0 Å². The van der Waals surface area contributed by atoms with Gasteiger partial charge in [-0.15, -0.1) is 0 Å². The van der Waals surface area contributed by atoms with E-state index in [0.717, 1.165) is 11.1 Å². The van der Waals surface area contributed by atoms with Crippen molar-refractivity contribution < 1.29 is 9.32 Å². The molecule has 1 aromatic heterocycles. The molecule has 2 rings (SSSR count). The molecule has 1 amide bonds. The summed E-state index contributed by atoms with van der Waals surface area (Å²) in [6.45, 7) is 2.37. The van der Waals surface area contributed by atoms with Crippen LogP contribution in [-0.2, 0) is 6.54 Å². The zero-order chi connectivity index (χ0) is 12.3. The molecule has 0 fully saturated rings. The zero-order valence-corrected chi connectivity index (χ0v) is 9.88. The summed E-state index contributed by atoms with van der Waals surface area (Å²) < 4.78 is 4.77. The molecule has 88 valence electrons. The third-order valence-corrected chi connectivity index (χ3v) is 2.56. The minimum absolute atomic E-state index is 0.125. The van der Waals surface area contributed by atoms with Crippen LogP contribution >= 0.6 is 0 Å². The van der Waals surface area contributed by atoms with Crippen LogP contribution < -0.4 is 0 Å². The fraction of sp³-hybridized carbons (Fsp3) is 0.231. The van der Waals surface area contributed by atoms with E-state index in [9.17, 15) is 4.79 Å². The van der Waals surface area contributed by atoms with Crippen molar-refractivity contribution in [3.8, 4) is 0 Å². The van der Waals surface area contributed by atoms with E-state index < -0.39 is 0 Å². The second kappa shape index (κ2) is 4.82. The lowest BCUT2D eigenvalue weighted by Gasteiger charge is -2.15. The lowest BCUT2D eigenvalue weighted by Crippen LogP contribution is -2.27. The fourth-order valence-electron chi connectivity index (χ4n) is 1.60. The summed E-state index contributed by atoms with van der Waals surface area (Å²) in [5.74, 6) is -0.125. The van der Waals surface area contributed by atoms with Crippen molar-refractivity contribution in [3.05, 3.63) is 53.4 Å². The average molecular weight is 230 g/mol. The number of benzene rings is 1. The van der Waals surface area contributed by atoms with Crippen LogP contribution in [0.1, 0.15) is 21.6 Å². The topological polar surface area (TPSA) is 46.3 Å². The van der Waals surface area contributed by atoms with Gasteiger partial charge in [-0.3, -0.25) is 4.79 Å².